The minimum Gasteiger partial charge on any atom is -0.399 e. The van der Waals surface area contributed by atoms with Crippen LogP contribution in [0, 0.1) is 5.92 Å². The van der Waals surface area contributed by atoms with Crippen molar-refractivity contribution in [1.82, 2.24) is 5.32 Å². The molecule has 1 rings (SSSR count). The number of nitrogen functional groups attached to an aromatic ring is 1. The standard InChI is InChI=1S/C16H24N4O2/c1-12(11-17)3-2-10-19-15(21)8-9-16(22)20-14-6-4-13(18)5-7-14/h4-9,12H,2-3,10-11,17-18H2,1H3,(H,19,21)(H,20,22)/b9-8-. The number of benzene rings is 1. The monoisotopic (exact) mass is 304 g/mol. The first-order valence-electron chi connectivity index (χ1n) is 7.33. The Morgan fingerprint density at radius 1 is 1.18 bits per heavy atom. The van der Waals surface area contributed by atoms with Crippen molar-refractivity contribution in [2.24, 2.45) is 11.7 Å². The van der Waals surface area contributed by atoms with Crippen LogP contribution in [-0.2, 0) is 9.59 Å². The van der Waals surface area contributed by atoms with Crippen molar-refractivity contribution in [3.63, 3.8) is 0 Å². The van der Waals surface area contributed by atoms with E-state index in [0.29, 0.717) is 30.4 Å². The number of rotatable bonds is 8. The van der Waals surface area contributed by atoms with Crippen molar-refractivity contribution in [2.75, 3.05) is 24.1 Å². The number of carbonyl (C=O) groups excluding carboxylic acids is 2. The number of hydrogen-bond acceptors (Lipinski definition) is 4. The molecule has 0 saturated heterocycles. The van der Waals surface area contributed by atoms with Crippen molar-refractivity contribution in [1.29, 1.82) is 0 Å². The zero-order chi connectivity index (χ0) is 16.4. The third-order valence-corrected chi connectivity index (χ3v) is 3.14. The second-order valence-corrected chi connectivity index (χ2v) is 5.22. The molecular formula is C16H24N4O2. The minimum absolute atomic E-state index is 0.284. The predicted octanol–water partition coefficient (Wildman–Crippen LogP) is 1.25. The van der Waals surface area contributed by atoms with E-state index in [1.165, 1.54) is 12.2 Å². The molecule has 0 bridgehead atoms. The molecule has 0 saturated carbocycles. The number of nitrogens with one attached hydrogen (secondary N) is 2. The Kier molecular flexibility index (Phi) is 7.70. The third kappa shape index (κ3) is 7.44. The highest BCUT2D eigenvalue weighted by Crippen LogP contribution is 2.10. The summed E-state index contributed by atoms with van der Waals surface area (Å²) < 4.78 is 0. The Bertz CT molecular complexity index is 511. The summed E-state index contributed by atoms with van der Waals surface area (Å²) in [6.45, 7) is 3.30. The van der Waals surface area contributed by atoms with E-state index >= 15 is 0 Å². The molecule has 0 aliphatic carbocycles. The summed E-state index contributed by atoms with van der Waals surface area (Å²) in [6, 6.07) is 6.77. The molecular weight excluding hydrogens is 280 g/mol. The van der Waals surface area contributed by atoms with E-state index in [9.17, 15) is 9.59 Å². The lowest BCUT2D eigenvalue weighted by Crippen LogP contribution is -2.23. The van der Waals surface area contributed by atoms with Crippen molar-refractivity contribution < 1.29 is 9.59 Å². The van der Waals surface area contributed by atoms with Crippen LogP contribution in [0.25, 0.3) is 0 Å². The van der Waals surface area contributed by atoms with Crippen molar-refractivity contribution in [3.05, 3.63) is 36.4 Å². The second-order valence-electron chi connectivity index (χ2n) is 5.22. The van der Waals surface area contributed by atoms with Gasteiger partial charge in [0, 0.05) is 30.1 Å². The maximum Gasteiger partial charge on any atom is 0.248 e. The molecule has 6 N–H and O–H groups in total. The lowest BCUT2D eigenvalue weighted by Gasteiger charge is -2.07. The Morgan fingerprint density at radius 2 is 1.82 bits per heavy atom. The van der Waals surface area contributed by atoms with Gasteiger partial charge in [-0.2, -0.15) is 0 Å². The fourth-order valence-electron chi connectivity index (χ4n) is 1.74. The van der Waals surface area contributed by atoms with Crippen LogP contribution in [0.15, 0.2) is 36.4 Å². The lowest BCUT2D eigenvalue weighted by molar-refractivity contribution is -0.117. The van der Waals surface area contributed by atoms with Crippen molar-refractivity contribution >= 4 is 23.2 Å². The van der Waals surface area contributed by atoms with Crippen LogP contribution in [0.1, 0.15) is 19.8 Å². The highest BCUT2D eigenvalue weighted by atomic mass is 16.2. The van der Waals surface area contributed by atoms with E-state index in [-0.39, 0.29) is 11.8 Å². The average molecular weight is 304 g/mol. The SMILES string of the molecule is CC(CN)CCCNC(=O)/C=C\C(=O)Nc1ccc(N)cc1. The molecule has 120 valence electrons. The van der Waals surface area contributed by atoms with Gasteiger partial charge in [-0.3, -0.25) is 9.59 Å². The first kappa shape index (κ1) is 17.7. The van der Waals surface area contributed by atoms with Gasteiger partial charge in [0.2, 0.25) is 11.8 Å². The molecule has 0 aliphatic heterocycles. The number of carbonyl (C=O) groups is 2. The van der Waals surface area contributed by atoms with Gasteiger partial charge in [-0.15, -0.1) is 0 Å². The molecule has 0 fully saturated rings. The van der Waals surface area contributed by atoms with Gasteiger partial charge < -0.3 is 22.1 Å². The Morgan fingerprint density at radius 3 is 2.45 bits per heavy atom. The summed E-state index contributed by atoms with van der Waals surface area (Å²) in [6.07, 6.45) is 4.26. The number of anilines is 2. The van der Waals surface area contributed by atoms with Crippen LogP contribution in [0.5, 0.6) is 0 Å². The summed E-state index contributed by atoms with van der Waals surface area (Å²) in [4.78, 5) is 23.2. The van der Waals surface area contributed by atoms with E-state index in [0.717, 1.165) is 12.8 Å². The first-order valence-corrected chi connectivity index (χ1v) is 7.33. The van der Waals surface area contributed by atoms with Crippen LogP contribution in [0.4, 0.5) is 11.4 Å². The van der Waals surface area contributed by atoms with Crippen LogP contribution in [0.2, 0.25) is 0 Å². The molecule has 0 aliphatic rings. The molecule has 0 radical (unpaired) electrons. The largest absolute Gasteiger partial charge is 0.399 e. The zero-order valence-electron chi connectivity index (χ0n) is 12.8. The number of nitrogens with two attached hydrogens (primary N) is 2. The topological polar surface area (TPSA) is 110 Å². The Labute approximate surface area is 130 Å². The molecule has 0 spiro atoms. The Balaban J connectivity index is 2.26. The second kappa shape index (κ2) is 9.57. The van der Waals surface area contributed by atoms with Gasteiger partial charge in [-0.25, -0.2) is 0 Å². The Hall–Kier alpha value is -2.34. The molecule has 1 atom stereocenters. The molecule has 22 heavy (non-hydrogen) atoms. The van der Waals surface area contributed by atoms with Gasteiger partial charge in [0.15, 0.2) is 0 Å². The van der Waals surface area contributed by atoms with Gasteiger partial charge in [-0.1, -0.05) is 6.92 Å². The first-order chi connectivity index (χ1) is 10.5. The fraction of sp³-hybridized carbons (Fsp3) is 0.375. The van der Waals surface area contributed by atoms with Crippen LogP contribution >= 0.6 is 0 Å². The molecule has 0 aromatic heterocycles. The maximum atomic E-state index is 11.6. The molecule has 6 heteroatoms. The van der Waals surface area contributed by atoms with E-state index in [1.807, 2.05) is 0 Å². The molecule has 0 heterocycles. The normalized spacial score (nSPS) is 12.1. The van der Waals surface area contributed by atoms with Crippen molar-refractivity contribution in [3.8, 4) is 0 Å². The van der Waals surface area contributed by atoms with Crippen LogP contribution < -0.4 is 22.1 Å². The summed E-state index contributed by atoms with van der Waals surface area (Å²) in [7, 11) is 0. The van der Waals surface area contributed by atoms with E-state index < -0.39 is 0 Å². The molecule has 1 aromatic carbocycles. The summed E-state index contributed by atoms with van der Waals surface area (Å²) in [5.74, 6) is -0.192. The lowest BCUT2D eigenvalue weighted by atomic mass is 10.1. The smallest absolute Gasteiger partial charge is 0.248 e. The van der Waals surface area contributed by atoms with Crippen LogP contribution in [-0.4, -0.2) is 24.9 Å². The van der Waals surface area contributed by atoms with Gasteiger partial charge in [0.25, 0.3) is 0 Å². The van der Waals surface area contributed by atoms with Gasteiger partial charge >= 0.3 is 0 Å². The fourth-order valence-corrected chi connectivity index (χ4v) is 1.74. The maximum absolute atomic E-state index is 11.6. The molecule has 6 nitrogen and oxygen atoms in total. The molecule has 1 unspecified atom stereocenters. The van der Waals surface area contributed by atoms with Gasteiger partial charge in [0.1, 0.15) is 0 Å². The van der Waals surface area contributed by atoms with E-state index in [4.69, 9.17) is 11.5 Å². The summed E-state index contributed by atoms with van der Waals surface area (Å²) >= 11 is 0. The number of hydrogen-bond donors (Lipinski definition) is 4. The van der Waals surface area contributed by atoms with E-state index in [1.54, 1.807) is 24.3 Å². The highest BCUT2D eigenvalue weighted by Gasteiger charge is 2.01. The number of amides is 2. The average Bonchev–Trinajstić information content (AvgIpc) is 2.51. The van der Waals surface area contributed by atoms with E-state index in [2.05, 4.69) is 17.6 Å². The van der Waals surface area contributed by atoms with Gasteiger partial charge in [-0.05, 0) is 49.6 Å². The highest BCUT2D eigenvalue weighted by molar-refractivity contribution is 6.03. The van der Waals surface area contributed by atoms with Gasteiger partial charge in [0.05, 0.1) is 0 Å². The zero-order valence-corrected chi connectivity index (χ0v) is 12.8. The predicted molar refractivity (Wildman–Crippen MR) is 89.1 cm³/mol. The quantitative estimate of drug-likeness (QED) is 0.329. The molecule has 2 amide bonds. The minimum atomic E-state index is -0.364. The third-order valence-electron chi connectivity index (χ3n) is 3.14. The molecule has 1 aromatic rings. The summed E-state index contributed by atoms with van der Waals surface area (Å²) in [5, 5.41) is 5.36. The van der Waals surface area contributed by atoms with Crippen molar-refractivity contribution in [2.45, 2.75) is 19.8 Å². The summed E-state index contributed by atoms with van der Waals surface area (Å²) in [5.41, 5.74) is 12.3. The van der Waals surface area contributed by atoms with Crippen LogP contribution in [0.3, 0.4) is 0 Å².